The molecule has 2 aromatic carbocycles. The summed E-state index contributed by atoms with van der Waals surface area (Å²) in [5.74, 6) is 0.726. The number of nitrogens with zero attached hydrogens (tertiary/aromatic N) is 2. The van der Waals surface area contributed by atoms with Gasteiger partial charge in [0.1, 0.15) is 5.75 Å². The first-order valence-corrected chi connectivity index (χ1v) is 10.8. The first-order chi connectivity index (χ1) is 14.0. The van der Waals surface area contributed by atoms with E-state index in [9.17, 15) is 13.5 Å². The molecule has 0 amide bonds. The van der Waals surface area contributed by atoms with E-state index in [1.165, 1.54) is 4.31 Å². The van der Waals surface area contributed by atoms with Crippen LogP contribution in [0.4, 0.5) is 0 Å². The molecular weight excluding hydrogens is 388 g/mol. The quantitative estimate of drug-likeness (QED) is 0.700. The van der Waals surface area contributed by atoms with Crippen molar-refractivity contribution in [3.63, 3.8) is 0 Å². The van der Waals surface area contributed by atoms with Gasteiger partial charge in [-0.25, -0.2) is 8.42 Å². The Morgan fingerprint density at radius 3 is 2.38 bits per heavy atom. The molecule has 1 N–H and O–H groups in total. The maximum absolute atomic E-state index is 13.4. The summed E-state index contributed by atoms with van der Waals surface area (Å²) in [4.78, 5) is 4.16. The second kappa shape index (κ2) is 7.94. The highest BCUT2D eigenvalue weighted by Crippen LogP contribution is 2.39. The monoisotopic (exact) mass is 410 g/mol. The highest BCUT2D eigenvalue weighted by atomic mass is 32.2. The average Bonchev–Trinajstić information content (AvgIpc) is 2.76. The summed E-state index contributed by atoms with van der Waals surface area (Å²) in [5.41, 5.74) is 2.18. The number of hydrogen-bond donors (Lipinski definition) is 1. The fourth-order valence-electron chi connectivity index (χ4n) is 3.72. The molecule has 0 saturated heterocycles. The molecule has 0 aliphatic carbocycles. The number of aliphatic hydroxyl groups excluding tert-OH is 1. The normalized spacial score (nSPS) is 20.8. The third kappa shape index (κ3) is 3.76. The molecule has 150 valence electrons. The summed E-state index contributed by atoms with van der Waals surface area (Å²) in [7, 11) is -2.17. The maximum atomic E-state index is 13.4. The number of benzene rings is 2. The molecule has 7 heteroatoms. The summed E-state index contributed by atoms with van der Waals surface area (Å²) in [6, 6.07) is 17.1. The molecule has 0 spiro atoms. The van der Waals surface area contributed by atoms with Crippen LogP contribution in [0.5, 0.6) is 5.75 Å². The van der Waals surface area contributed by atoms with E-state index in [0.717, 1.165) is 16.9 Å². The minimum absolute atomic E-state index is 0.160. The van der Waals surface area contributed by atoms with E-state index in [1.807, 2.05) is 24.3 Å². The summed E-state index contributed by atoms with van der Waals surface area (Å²) in [6.07, 6.45) is 2.71. The van der Waals surface area contributed by atoms with E-state index in [0.29, 0.717) is 12.0 Å². The van der Waals surface area contributed by atoms with Gasteiger partial charge in [0.2, 0.25) is 10.0 Å². The van der Waals surface area contributed by atoms with Crippen molar-refractivity contribution in [3.05, 3.63) is 89.7 Å². The van der Waals surface area contributed by atoms with Crippen LogP contribution in [0.3, 0.4) is 0 Å². The molecule has 0 fully saturated rings. The van der Waals surface area contributed by atoms with Crippen molar-refractivity contribution in [2.75, 3.05) is 7.11 Å². The summed E-state index contributed by atoms with van der Waals surface area (Å²) in [6.45, 7) is 0.164. The third-order valence-electron chi connectivity index (χ3n) is 5.25. The lowest BCUT2D eigenvalue weighted by atomic mass is 9.95. The van der Waals surface area contributed by atoms with Gasteiger partial charge in [0.15, 0.2) is 0 Å². The second-order valence-electron chi connectivity index (χ2n) is 7.01. The largest absolute Gasteiger partial charge is 0.497 e. The first kappa shape index (κ1) is 19.6. The van der Waals surface area contributed by atoms with Crippen molar-refractivity contribution in [1.82, 2.24) is 9.29 Å². The molecular formula is C22H22N2O4S. The van der Waals surface area contributed by atoms with Gasteiger partial charge in [-0.1, -0.05) is 30.3 Å². The molecule has 2 unspecified atom stereocenters. The number of aliphatic hydroxyl groups is 1. The van der Waals surface area contributed by atoms with Gasteiger partial charge < -0.3 is 9.84 Å². The highest BCUT2D eigenvalue weighted by Gasteiger charge is 2.43. The minimum Gasteiger partial charge on any atom is -0.497 e. The van der Waals surface area contributed by atoms with Crippen molar-refractivity contribution in [3.8, 4) is 5.75 Å². The number of ether oxygens (including phenoxy) is 1. The molecule has 1 aliphatic heterocycles. The molecule has 0 saturated carbocycles. The fraction of sp³-hybridized carbons (Fsp3) is 0.227. The molecule has 1 aromatic heterocycles. The van der Waals surface area contributed by atoms with E-state index in [1.54, 1.807) is 55.9 Å². The lowest BCUT2D eigenvalue weighted by molar-refractivity contribution is 0.0769. The number of fused-ring (bicyclic) bond motifs is 1. The molecule has 4 rings (SSSR count). The van der Waals surface area contributed by atoms with Gasteiger partial charge in [-0.2, -0.15) is 4.31 Å². The Bertz CT molecular complexity index is 1090. The van der Waals surface area contributed by atoms with Crippen LogP contribution in [-0.4, -0.2) is 36.0 Å². The fourth-order valence-corrected chi connectivity index (χ4v) is 5.57. The number of pyridine rings is 1. The van der Waals surface area contributed by atoms with Crippen LogP contribution >= 0.6 is 0 Å². The van der Waals surface area contributed by atoms with Crippen LogP contribution in [0, 0.1) is 0 Å². The number of hydrogen-bond acceptors (Lipinski definition) is 5. The minimum atomic E-state index is -3.77. The number of rotatable bonds is 5. The van der Waals surface area contributed by atoms with Crippen LogP contribution in [0.25, 0.3) is 0 Å². The van der Waals surface area contributed by atoms with Crippen LogP contribution in [-0.2, 0) is 23.0 Å². The van der Waals surface area contributed by atoms with Gasteiger partial charge in [-0.3, -0.25) is 4.98 Å². The SMILES string of the molecule is COc1ccc(CC2C(O)c3ccccc3S(=O)(=O)N2Cc2ccncc2)cc1. The Morgan fingerprint density at radius 2 is 1.69 bits per heavy atom. The molecule has 2 heterocycles. The number of sulfonamides is 1. The van der Waals surface area contributed by atoms with Crippen molar-refractivity contribution >= 4 is 10.0 Å². The van der Waals surface area contributed by atoms with Crippen molar-refractivity contribution in [2.45, 2.75) is 30.0 Å². The lowest BCUT2D eigenvalue weighted by Crippen LogP contribution is -2.48. The van der Waals surface area contributed by atoms with Gasteiger partial charge in [0.05, 0.1) is 24.2 Å². The first-order valence-electron chi connectivity index (χ1n) is 9.31. The van der Waals surface area contributed by atoms with E-state index in [-0.39, 0.29) is 11.4 Å². The summed E-state index contributed by atoms with van der Waals surface area (Å²) < 4.78 is 33.5. The Kier molecular flexibility index (Phi) is 5.36. The number of methoxy groups -OCH3 is 1. The maximum Gasteiger partial charge on any atom is 0.244 e. The predicted octanol–water partition coefficient (Wildman–Crippen LogP) is 2.94. The summed E-state index contributed by atoms with van der Waals surface area (Å²) in [5, 5.41) is 11.1. The molecule has 0 radical (unpaired) electrons. The second-order valence-corrected chi connectivity index (χ2v) is 8.87. The van der Waals surface area contributed by atoms with Gasteiger partial charge in [-0.15, -0.1) is 0 Å². The molecule has 29 heavy (non-hydrogen) atoms. The van der Waals surface area contributed by atoms with E-state index in [2.05, 4.69) is 4.98 Å². The van der Waals surface area contributed by atoms with Crippen molar-refractivity contribution in [1.29, 1.82) is 0 Å². The molecule has 1 aliphatic rings. The topological polar surface area (TPSA) is 79.7 Å². The molecule has 6 nitrogen and oxygen atoms in total. The zero-order chi connectivity index (χ0) is 20.4. The van der Waals surface area contributed by atoms with Crippen LogP contribution in [0.15, 0.2) is 78.0 Å². The van der Waals surface area contributed by atoms with Crippen LogP contribution < -0.4 is 4.74 Å². The van der Waals surface area contributed by atoms with Gasteiger partial charge in [0, 0.05) is 24.5 Å². The van der Waals surface area contributed by atoms with Gasteiger partial charge in [-0.05, 0) is 47.9 Å². The standard InChI is InChI=1S/C22H22N2O4S/c1-28-18-8-6-16(7-9-18)14-20-22(25)19-4-2-3-5-21(19)29(26,27)24(20)15-17-10-12-23-13-11-17/h2-13,20,22,25H,14-15H2,1H3. The van der Waals surface area contributed by atoms with E-state index < -0.39 is 22.2 Å². The Labute approximate surface area is 170 Å². The molecule has 2 atom stereocenters. The zero-order valence-corrected chi connectivity index (χ0v) is 16.8. The van der Waals surface area contributed by atoms with Gasteiger partial charge in [0.25, 0.3) is 0 Å². The third-order valence-corrected chi connectivity index (χ3v) is 7.20. The van der Waals surface area contributed by atoms with Gasteiger partial charge >= 0.3 is 0 Å². The van der Waals surface area contributed by atoms with Crippen LogP contribution in [0.2, 0.25) is 0 Å². The smallest absolute Gasteiger partial charge is 0.244 e. The molecule has 0 bridgehead atoms. The van der Waals surface area contributed by atoms with Crippen molar-refractivity contribution in [2.24, 2.45) is 0 Å². The average molecular weight is 410 g/mol. The summed E-state index contributed by atoms with van der Waals surface area (Å²) >= 11 is 0. The molecule has 3 aromatic rings. The predicted molar refractivity (Wildman–Crippen MR) is 109 cm³/mol. The zero-order valence-electron chi connectivity index (χ0n) is 16.0. The van der Waals surface area contributed by atoms with E-state index >= 15 is 0 Å². The Hall–Kier alpha value is -2.74. The van der Waals surface area contributed by atoms with Crippen molar-refractivity contribution < 1.29 is 18.3 Å². The lowest BCUT2D eigenvalue weighted by Gasteiger charge is -2.39. The van der Waals surface area contributed by atoms with E-state index in [4.69, 9.17) is 4.74 Å². The Morgan fingerprint density at radius 1 is 1.00 bits per heavy atom. The Balaban J connectivity index is 1.76. The highest BCUT2D eigenvalue weighted by molar-refractivity contribution is 7.89. The number of aromatic nitrogens is 1. The van der Waals surface area contributed by atoms with Crippen LogP contribution in [0.1, 0.15) is 22.8 Å².